The minimum Gasteiger partial charge on any atom is -0.369 e. The Morgan fingerprint density at radius 3 is 2.53 bits per heavy atom. The summed E-state index contributed by atoms with van der Waals surface area (Å²) in [6.07, 6.45) is 4.41. The number of fused-ring (bicyclic) bond motifs is 2. The van der Waals surface area contributed by atoms with Gasteiger partial charge in [0, 0.05) is 80.7 Å². The normalized spacial score (nSPS) is 16.6. The number of para-hydroxylation sites is 1. The summed E-state index contributed by atoms with van der Waals surface area (Å²) in [6.45, 7) is 2.42. The third-order valence-electron chi connectivity index (χ3n) is 7.06. The number of carbonyl (C=O) groups excluding carboxylic acids is 3. The van der Waals surface area contributed by atoms with Crippen LogP contribution in [0.2, 0.25) is 0 Å². The fourth-order valence-electron chi connectivity index (χ4n) is 5.13. The fraction of sp³-hybridized carbons (Fsp3) is 0.440. The van der Waals surface area contributed by atoms with Crippen molar-refractivity contribution >= 4 is 34.4 Å². The molecule has 0 radical (unpaired) electrons. The van der Waals surface area contributed by atoms with Crippen LogP contribution in [0.25, 0.3) is 22.2 Å². The molecule has 9 nitrogen and oxygen atoms in total. The molecule has 0 atom stereocenters. The lowest BCUT2D eigenvalue weighted by Crippen LogP contribution is -2.42. The molecule has 0 aliphatic carbocycles. The van der Waals surface area contributed by atoms with E-state index in [2.05, 4.69) is 22.9 Å². The minimum atomic E-state index is -0.299. The van der Waals surface area contributed by atoms with E-state index in [1.807, 2.05) is 29.9 Å². The Labute approximate surface area is 198 Å². The van der Waals surface area contributed by atoms with Crippen LogP contribution in [-0.2, 0) is 28.0 Å². The zero-order valence-corrected chi connectivity index (χ0v) is 19.4. The number of nitrogens with two attached hydrogens (primary N) is 1. The largest absolute Gasteiger partial charge is 0.369 e. The lowest BCUT2D eigenvalue weighted by Gasteiger charge is -2.31. The fourth-order valence-corrected chi connectivity index (χ4v) is 5.13. The van der Waals surface area contributed by atoms with Gasteiger partial charge in [0.05, 0.1) is 5.69 Å². The average molecular weight is 463 g/mol. The third-order valence-corrected chi connectivity index (χ3v) is 7.06. The van der Waals surface area contributed by atoms with E-state index in [1.54, 1.807) is 9.80 Å². The molecule has 0 unspecified atom stereocenters. The van der Waals surface area contributed by atoms with Crippen molar-refractivity contribution in [3.8, 4) is 11.3 Å². The summed E-state index contributed by atoms with van der Waals surface area (Å²) < 4.78 is 3.98. The van der Waals surface area contributed by atoms with E-state index in [1.165, 1.54) is 0 Å². The Bertz CT molecular complexity index is 1250. The summed E-state index contributed by atoms with van der Waals surface area (Å²) in [4.78, 5) is 40.6. The number of piperidine rings is 1. The van der Waals surface area contributed by atoms with Crippen LogP contribution in [0.5, 0.6) is 0 Å². The molecule has 1 saturated heterocycles. The summed E-state index contributed by atoms with van der Waals surface area (Å²) in [7, 11) is 2.02. The van der Waals surface area contributed by atoms with Gasteiger partial charge >= 0.3 is 0 Å². The minimum absolute atomic E-state index is 0.0433. The van der Waals surface area contributed by atoms with Gasteiger partial charge in [0.25, 0.3) is 0 Å². The number of benzene rings is 1. The molecule has 5 rings (SSSR count). The van der Waals surface area contributed by atoms with Crippen molar-refractivity contribution in [3.05, 3.63) is 36.5 Å². The highest BCUT2D eigenvalue weighted by Gasteiger charge is 2.29. The monoisotopic (exact) mass is 462 g/mol. The summed E-state index contributed by atoms with van der Waals surface area (Å²) >= 11 is 0. The Balaban J connectivity index is 1.27. The second kappa shape index (κ2) is 8.96. The lowest BCUT2D eigenvalue weighted by atomic mass is 9.96. The number of anilines is 1. The van der Waals surface area contributed by atoms with Gasteiger partial charge in [-0.3, -0.25) is 19.3 Å². The van der Waals surface area contributed by atoms with Crippen LogP contribution in [0.1, 0.15) is 32.1 Å². The van der Waals surface area contributed by atoms with Gasteiger partial charge in [-0.25, -0.2) is 4.68 Å². The van der Waals surface area contributed by atoms with E-state index in [-0.39, 0.29) is 36.5 Å². The molecule has 0 saturated carbocycles. The maximum Gasteiger partial charge on any atom is 0.228 e. The van der Waals surface area contributed by atoms with Gasteiger partial charge in [0.2, 0.25) is 17.7 Å². The summed E-state index contributed by atoms with van der Waals surface area (Å²) in [5, 5.41) is 5.93. The number of primary amides is 1. The third kappa shape index (κ3) is 4.06. The van der Waals surface area contributed by atoms with E-state index in [9.17, 15) is 14.4 Å². The van der Waals surface area contributed by atoms with Crippen LogP contribution in [0, 0.1) is 5.92 Å². The predicted molar refractivity (Wildman–Crippen MR) is 129 cm³/mol. The molecule has 178 valence electrons. The van der Waals surface area contributed by atoms with Crippen molar-refractivity contribution < 1.29 is 14.4 Å². The number of rotatable bonds is 5. The molecule has 2 aromatic heterocycles. The number of amides is 3. The maximum absolute atomic E-state index is 13.1. The maximum atomic E-state index is 13.1. The summed E-state index contributed by atoms with van der Waals surface area (Å²) in [6, 6.07) is 10.2. The standard InChI is InChI=1S/C25H30N6O3/c1-28-16-19(18-5-2-3-6-21(18)28)20-15-22-30(11-4-12-31(22)27-20)24(33)8-7-23(32)29-13-9-17(10-14-29)25(26)34/h2-3,5-6,15-17H,4,7-14H2,1H3,(H2,26,34). The molecule has 1 fully saturated rings. The first-order valence-electron chi connectivity index (χ1n) is 11.9. The van der Waals surface area contributed by atoms with Gasteiger partial charge in [-0.2, -0.15) is 5.10 Å². The van der Waals surface area contributed by atoms with Crippen LogP contribution >= 0.6 is 0 Å². The lowest BCUT2D eigenvalue weighted by molar-refractivity contribution is -0.136. The number of hydrogen-bond donors (Lipinski definition) is 1. The highest BCUT2D eigenvalue weighted by Crippen LogP contribution is 2.33. The highest BCUT2D eigenvalue weighted by atomic mass is 16.2. The number of carbonyl (C=O) groups is 3. The van der Waals surface area contributed by atoms with Crippen molar-refractivity contribution in [1.82, 2.24) is 19.2 Å². The number of aryl methyl sites for hydroxylation is 2. The molecule has 9 heteroatoms. The quantitative estimate of drug-likeness (QED) is 0.628. The van der Waals surface area contributed by atoms with Gasteiger partial charge in [-0.1, -0.05) is 18.2 Å². The Morgan fingerprint density at radius 2 is 1.76 bits per heavy atom. The average Bonchev–Trinajstić information content (AvgIpc) is 3.43. The zero-order chi connectivity index (χ0) is 23.8. The Morgan fingerprint density at radius 1 is 1.03 bits per heavy atom. The molecule has 0 bridgehead atoms. The van der Waals surface area contributed by atoms with E-state index < -0.39 is 0 Å². The molecule has 1 aromatic carbocycles. The molecule has 34 heavy (non-hydrogen) atoms. The van der Waals surface area contributed by atoms with Gasteiger partial charge in [-0.15, -0.1) is 0 Å². The van der Waals surface area contributed by atoms with E-state index in [4.69, 9.17) is 10.8 Å². The van der Waals surface area contributed by atoms with Crippen molar-refractivity contribution in [2.75, 3.05) is 24.5 Å². The van der Waals surface area contributed by atoms with Crippen molar-refractivity contribution in [2.45, 2.75) is 38.6 Å². The molecule has 2 aliphatic rings. The molecule has 3 aromatic rings. The highest BCUT2D eigenvalue weighted by molar-refractivity contribution is 5.98. The van der Waals surface area contributed by atoms with Crippen LogP contribution in [0.4, 0.5) is 5.82 Å². The second-order valence-electron chi connectivity index (χ2n) is 9.24. The van der Waals surface area contributed by atoms with Crippen molar-refractivity contribution in [1.29, 1.82) is 0 Å². The van der Waals surface area contributed by atoms with Crippen molar-refractivity contribution in [2.24, 2.45) is 18.7 Å². The second-order valence-corrected chi connectivity index (χ2v) is 9.24. The first-order chi connectivity index (χ1) is 16.4. The van der Waals surface area contributed by atoms with Gasteiger partial charge < -0.3 is 15.2 Å². The molecular formula is C25H30N6O3. The first kappa shape index (κ1) is 22.2. The van der Waals surface area contributed by atoms with Crippen LogP contribution in [0.15, 0.2) is 36.5 Å². The Kier molecular flexibility index (Phi) is 5.85. The zero-order valence-electron chi connectivity index (χ0n) is 19.4. The molecule has 3 amide bonds. The van der Waals surface area contributed by atoms with Gasteiger partial charge in [0.15, 0.2) is 0 Å². The van der Waals surface area contributed by atoms with Crippen LogP contribution in [0.3, 0.4) is 0 Å². The Hall–Kier alpha value is -3.62. The topological polar surface area (TPSA) is 106 Å². The first-order valence-corrected chi connectivity index (χ1v) is 11.9. The molecule has 2 aliphatic heterocycles. The molecule has 0 spiro atoms. The smallest absolute Gasteiger partial charge is 0.228 e. The SMILES string of the molecule is Cn1cc(-c2cc3n(n2)CCCN3C(=O)CCC(=O)N2CCC(C(N)=O)CC2)c2ccccc21. The predicted octanol–water partition coefficient (Wildman–Crippen LogP) is 2.28. The molecule has 2 N–H and O–H groups in total. The van der Waals surface area contributed by atoms with Crippen LogP contribution in [-0.4, -0.2) is 56.6 Å². The number of aromatic nitrogens is 3. The number of hydrogen-bond acceptors (Lipinski definition) is 4. The number of likely N-dealkylation sites (tertiary alicyclic amines) is 1. The summed E-state index contributed by atoms with van der Waals surface area (Å²) in [5.74, 6) is 0.222. The van der Waals surface area contributed by atoms with Gasteiger partial charge in [0.1, 0.15) is 5.82 Å². The van der Waals surface area contributed by atoms with E-state index >= 15 is 0 Å². The van der Waals surface area contributed by atoms with E-state index in [0.29, 0.717) is 32.5 Å². The summed E-state index contributed by atoms with van der Waals surface area (Å²) in [5.41, 5.74) is 8.40. The van der Waals surface area contributed by atoms with E-state index in [0.717, 1.165) is 40.9 Å². The van der Waals surface area contributed by atoms with Crippen LogP contribution < -0.4 is 10.6 Å². The number of nitrogens with zero attached hydrogens (tertiary/aromatic N) is 5. The molecule has 4 heterocycles. The molecular weight excluding hydrogens is 432 g/mol. The van der Waals surface area contributed by atoms with Crippen molar-refractivity contribution in [3.63, 3.8) is 0 Å². The van der Waals surface area contributed by atoms with Gasteiger partial charge in [-0.05, 0) is 25.3 Å².